The molecule has 0 aliphatic carbocycles. The first-order chi connectivity index (χ1) is 14.0. The van der Waals surface area contributed by atoms with Gasteiger partial charge < -0.3 is 14.2 Å². The van der Waals surface area contributed by atoms with E-state index in [1.165, 1.54) is 0 Å². The van der Waals surface area contributed by atoms with Gasteiger partial charge in [-0.05, 0) is 42.3 Å². The number of nitrogens with zero attached hydrogens (tertiary/aromatic N) is 4. The predicted molar refractivity (Wildman–Crippen MR) is 106 cm³/mol. The van der Waals surface area contributed by atoms with Crippen LogP contribution in [-0.4, -0.2) is 25.9 Å². The number of hydrogen-bond acceptors (Lipinski definition) is 6. The largest absolute Gasteiger partial charge is 0.467 e. The van der Waals surface area contributed by atoms with Crippen LogP contribution in [0, 0.1) is 6.92 Å². The minimum Gasteiger partial charge on any atom is -0.467 e. The number of furan rings is 1. The zero-order valence-electron chi connectivity index (χ0n) is 16.4. The van der Waals surface area contributed by atoms with Gasteiger partial charge >= 0.3 is 0 Å². The summed E-state index contributed by atoms with van der Waals surface area (Å²) in [4.78, 5) is 12.6. The summed E-state index contributed by atoms with van der Waals surface area (Å²) in [5, 5.41) is 15.4. The number of aryl methyl sites for hydroxylation is 1. The quantitative estimate of drug-likeness (QED) is 0.535. The van der Waals surface area contributed by atoms with Gasteiger partial charge in [-0.3, -0.25) is 4.79 Å². The Morgan fingerprint density at radius 2 is 2.03 bits per heavy atom. The maximum atomic E-state index is 12.6. The summed E-state index contributed by atoms with van der Waals surface area (Å²) in [5.41, 5.74) is 2.89. The van der Waals surface area contributed by atoms with Crippen molar-refractivity contribution in [1.29, 1.82) is 0 Å². The molecule has 4 rings (SSSR count). The molecule has 29 heavy (non-hydrogen) atoms. The molecule has 3 aromatic heterocycles. The second-order valence-electron chi connectivity index (χ2n) is 6.96. The molecule has 0 aliphatic heterocycles. The molecular formula is C21H21N5O3. The lowest BCUT2D eigenvalue weighted by Gasteiger charge is -2.11. The van der Waals surface area contributed by atoms with Gasteiger partial charge in [0.25, 0.3) is 11.8 Å². The third-order valence-corrected chi connectivity index (χ3v) is 4.43. The highest BCUT2D eigenvalue weighted by Crippen LogP contribution is 2.26. The number of aromatic nitrogens is 4. The van der Waals surface area contributed by atoms with Gasteiger partial charge in [0.15, 0.2) is 0 Å². The Balaban J connectivity index is 1.63. The molecule has 8 heteroatoms. The van der Waals surface area contributed by atoms with Crippen molar-refractivity contribution >= 4 is 5.91 Å². The number of carbonyl (C=O) groups is 1. The Morgan fingerprint density at radius 1 is 1.17 bits per heavy atom. The maximum absolute atomic E-state index is 12.6. The van der Waals surface area contributed by atoms with Crippen molar-refractivity contribution in [2.24, 2.45) is 0 Å². The van der Waals surface area contributed by atoms with Crippen LogP contribution in [0.15, 0.2) is 57.6 Å². The van der Waals surface area contributed by atoms with Crippen molar-refractivity contribution in [3.05, 3.63) is 71.6 Å². The fourth-order valence-corrected chi connectivity index (χ4v) is 2.98. The highest BCUT2D eigenvalue weighted by Gasteiger charge is 2.18. The average molecular weight is 391 g/mol. The minimum absolute atomic E-state index is 0.186. The molecular weight excluding hydrogens is 370 g/mol. The molecule has 148 valence electrons. The van der Waals surface area contributed by atoms with E-state index < -0.39 is 0 Å². The molecule has 1 amide bonds. The lowest BCUT2D eigenvalue weighted by Crippen LogP contribution is -2.22. The maximum Gasteiger partial charge on any atom is 0.268 e. The van der Waals surface area contributed by atoms with Crippen molar-refractivity contribution in [2.45, 2.75) is 33.2 Å². The van der Waals surface area contributed by atoms with Gasteiger partial charge in [-0.2, -0.15) is 5.10 Å². The molecule has 0 bridgehead atoms. The van der Waals surface area contributed by atoms with E-state index in [1.54, 1.807) is 31.4 Å². The fourth-order valence-electron chi connectivity index (χ4n) is 2.98. The number of amides is 1. The van der Waals surface area contributed by atoms with Crippen LogP contribution in [0.4, 0.5) is 0 Å². The molecule has 0 saturated carbocycles. The second-order valence-corrected chi connectivity index (χ2v) is 6.96. The summed E-state index contributed by atoms with van der Waals surface area (Å²) < 4.78 is 12.6. The van der Waals surface area contributed by atoms with E-state index in [-0.39, 0.29) is 11.8 Å². The van der Waals surface area contributed by atoms with Gasteiger partial charge in [0.2, 0.25) is 5.89 Å². The molecule has 4 aromatic rings. The summed E-state index contributed by atoms with van der Waals surface area (Å²) in [7, 11) is 0. The van der Waals surface area contributed by atoms with Crippen molar-refractivity contribution in [3.8, 4) is 17.3 Å². The fraction of sp³-hybridized carbons (Fsp3) is 0.238. The smallest absolute Gasteiger partial charge is 0.268 e. The molecule has 0 fully saturated rings. The van der Waals surface area contributed by atoms with Gasteiger partial charge in [0, 0.05) is 18.2 Å². The van der Waals surface area contributed by atoms with E-state index in [9.17, 15) is 4.79 Å². The lowest BCUT2D eigenvalue weighted by atomic mass is 10.1. The van der Waals surface area contributed by atoms with Crippen LogP contribution in [-0.2, 0) is 6.54 Å². The Morgan fingerprint density at radius 3 is 2.72 bits per heavy atom. The number of carbonyl (C=O) groups excluding carboxylic acids is 1. The van der Waals surface area contributed by atoms with Gasteiger partial charge in [-0.1, -0.05) is 19.9 Å². The molecule has 0 unspecified atom stereocenters. The number of rotatable bonds is 6. The van der Waals surface area contributed by atoms with E-state index in [0.29, 0.717) is 35.3 Å². The Bertz CT molecular complexity index is 1130. The monoisotopic (exact) mass is 391 g/mol. The first-order valence-corrected chi connectivity index (χ1v) is 9.32. The van der Waals surface area contributed by atoms with Crippen LogP contribution in [0.3, 0.4) is 0 Å². The number of hydrogen-bond donors (Lipinski definition) is 1. The third kappa shape index (κ3) is 3.96. The normalized spacial score (nSPS) is 11.2. The molecule has 0 atom stereocenters. The second kappa shape index (κ2) is 7.75. The number of benzene rings is 1. The van der Waals surface area contributed by atoms with Crippen molar-refractivity contribution < 1.29 is 13.6 Å². The summed E-state index contributed by atoms with van der Waals surface area (Å²) >= 11 is 0. The highest BCUT2D eigenvalue weighted by atomic mass is 16.4. The van der Waals surface area contributed by atoms with Crippen LogP contribution in [0.1, 0.15) is 47.5 Å². The Labute approximate surface area is 167 Å². The van der Waals surface area contributed by atoms with Crippen molar-refractivity contribution in [1.82, 2.24) is 25.3 Å². The van der Waals surface area contributed by atoms with E-state index >= 15 is 0 Å². The van der Waals surface area contributed by atoms with Crippen molar-refractivity contribution in [3.63, 3.8) is 0 Å². The standard InChI is InChI=1S/C21H21N5O3/c1-13(2)19-11-18(21-24-23-14(3)29-21)25-26(19)16-7-4-6-15(10-16)20(27)22-12-17-8-5-9-28-17/h4-11,13H,12H2,1-3H3,(H,22,27). The molecule has 1 aromatic carbocycles. The van der Waals surface area contributed by atoms with Crippen LogP contribution < -0.4 is 5.32 Å². The van der Waals surface area contributed by atoms with E-state index in [0.717, 1.165) is 11.4 Å². The van der Waals surface area contributed by atoms with E-state index in [4.69, 9.17) is 8.83 Å². The first-order valence-electron chi connectivity index (χ1n) is 9.32. The topological polar surface area (TPSA) is 99.0 Å². The average Bonchev–Trinajstić information content (AvgIpc) is 3.46. The summed E-state index contributed by atoms with van der Waals surface area (Å²) in [6, 6.07) is 12.8. The first kappa shape index (κ1) is 18.7. The third-order valence-electron chi connectivity index (χ3n) is 4.43. The summed E-state index contributed by atoms with van der Waals surface area (Å²) in [6.07, 6.45) is 1.58. The zero-order valence-corrected chi connectivity index (χ0v) is 16.4. The van der Waals surface area contributed by atoms with E-state index in [1.807, 2.05) is 28.9 Å². The van der Waals surface area contributed by atoms with Crippen LogP contribution in [0.25, 0.3) is 17.3 Å². The van der Waals surface area contributed by atoms with Crippen LogP contribution in [0.2, 0.25) is 0 Å². The summed E-state index contributed by atoms with van der Waals surface area (Å²) in [6.45, 7) is 6.23. The van der Waals surface area contributed by atoms with Crippen molar-refractivity contribution in [2.75, 3.05) is 0 Å². The molecule has 0 saturated heterocycles. The SMILES string of the molecule is Cc1nnc(-c2cc(C(C)C)n(-c3cccc(C(=O)NCc4ccco4)c3)n2)o1. The minimum atomic E-state index is -0.186. The van der Waals surface area contributed by atoms with Gasteiger partial charge in [0.05, 0.1) is 18.5 Å². The van der Waals surface area contributed by atoms with Gasteiger partial charge in [-0.15, -0.1) is 10.2 Å². The summed E-state index contributed by atoms with van der Waals surface area (Å²) in [5.74, 6) is 1.57. The molecule has 0 aliphatic rings. The molecule has 3 heterocycles. The van der Waals surface area contributed by atoms with Crippen LogP contribution >= 0.6 is 0 Å². The van der Waals surface area contributed by atoms with Crippen LogP contribution in [0.5, 0.6) is 0 Å². The van der Waals surface area contributed by atoms with Gasteiger partial charge in [-0.25, -0.2) is 4.68 Å². The number of nitrogens with one attached hydrogen (secondary N) is 1. The Kier molecular flexibility index (Phi) is 4.99. The molecule has 8 nitrogen and oxygen atoms in total. The van der Waals surface area contributed by atoms with E-state index in [2.05, 4.69) is 34.5 Å². The highest BCUT2D eigenvalue weighted by molar-refractivity contribution is 5.94. The Hall–Kier alpha value is -3.68. The molecule has 0 radical (unpaired) electrons. The molecule has 0 spiro atoms. The molecule has 1 N–H and O–H groups in total. The predicted octanol–water partition coefficient (Wildman–Crippen LogP) is 3.88. The zero-order chi connectivity index (χ0) is 20.4. The lowest BCUT2D eigenvalue weighted by molar-refractivity contribution is 0.0948. The van der Waals surface area contributed by atoms with Gasteiger partial charge in [0.1, 0.15) is 11.5 Å².